The minimum Gasteiger partial charge on any atom is -0.364 e. The van der Waals surface area contributed by atoms with Gasteiger partial charge in [0.1, 0.15) is 11.8 Å². The molecule has 41 heavy (non-hydrogen) atoms. The number of halogens is 5. The second-order valence-electron chi connectivity index (χ2n) is 11.2. The normalized spacial score (nSPS) is 20.0. The minimum absolute atomic E-state index is 0.0709. The third-order valence-electron chi connectivity index (χ3n) is 8.01. The Labute approximate surface area is 232 Å². The molecule has 0 spiro atoms. The van der Waals surface area contributed by atoms with E-state index in [4.69, 9.17) is 4.52 Å². The minimum atomic E-state index is -4.47. The fraction of sp³-hybridized carbons (Fsp3) is 0.593. The Balaban J connectivity index is 1.39. The highest BCUT2D eigenvalue weighted by molar-refractivity contribution is 5.95. The van der Waals surface area contributed by atoms with Crippen LogP contribution in [0, 0.1) is 24.7 Å². The number of nitrogens with one attached hydrogen (secondary N) is 2. The van der Waals surface area contributed by atoms with E-state index in [1.165, 1.54) is 17.0 Å². The van der Waals surface area contributed by atoms with E-state index < -0.39 is 48.3 Å². The van der Waals surface area contributed by atoms with Crippen molar-refractivity contribution < 1.29 is 36.1 Å². The SMILES string of the molecule is Cc1nocc1C(=O)N[C@H](c1cn2ncc(C(NC(=O)C[C@@H](C)C(F)(F)F)C3CC3)cc2n1)C1CCC(F)(F)CC1. The fourth-order valence-corrected chi connectivity index (χ4v) is 5.32. The van der Waals surface area contributed by atoms with E-state index in [9.17, 15) is 31.5 Å². The maximum atomic E-state index is 13.9. The highest BCUT2D eigenvalue weighted by atomic mass is 19.4. The van der Waals surface area contributed by atoms with Crippen LogP contribution < -0.4 is 10.6 Å². The molecule has 14 heteroatoms. The summed E-state index contributed by atoms with van der Waals surface area (Å²) in [6, 6.07) is 0.486. The molecule has 2 fully saturated rings. The third kappa shape index (κ3) is 6.67. The number of aryl methyl sites for hydroxylation is 1. The Kier molecular flexibility index (Phi) is 7.77. The van der Waals surface area contributed by atoms with E-state index in [0.717, 1.165) is 19.8 Å². The van der Waals surface area contributed by atoms with Crippen molar-refractivity contribution >= 4 is 17.5 Å². The van der Waals surface area contributed by atoms with Crippen LogP contribution in [-0.4, -0.2) is 43.7 Å². The van der Waals surface area contributed by atoms with Gasteiger partial charge in [-0.2, -0.15) is 18.3 Å². The van der Waals surface area contributed by atoms with Gasteiger partial charge in [-0.1, -0.05) is 12.1 Å². The van der Waals surface area contributed by atoms with Crippen molar-refractivity contribution in [3.8, 4) is 0 Å². The van der Waals surface area contributed by atoms with Crippen LogP contribution >= 0.6 is 0 Å². The van der Waals surface area contributed by atoms with E-state index >= 15 is 0 Å². The number of carbonyl (C=O) groups is 2. The number of nitrogens with zero attached hydrogens (tertiary/aromatic N) is 4. The van der Waals surface area contributed by atoms with Crippen LogP contribution in [0.25, 0.3) is 5.65 Å². The monoisotopic (exact) mass is 582 g/mol. The molecular weight excluding hydrogens is 551 g/mol. The van der Waals surface area contributed by atoms with E-state index in [-0.39, 0.29) is 43.1 Å². The number of carbonyl (C=O) groups excluding carboxylic acids is 2. The van der Waals surface area contributed by atoms with E-state index in [1.807, 2.05) is 0 Å². The molecule has 2 N–H and O–H groups in total. The molecule has 0 aliphatic heterocycles. The first-order chi connectivity index (χ1) is 19.3. The first kappa shape index (κ1) is 28.9. The molecular formula is C27H31F5N6O3. The summed E-state index contributed by atoms with van der Waals surface area (Å²) in [6.07, 6.45) is 0.603. The van der Waals surface area contributed by atoms with Gasteiger partial charge in [0.05, 0.1) is 41.8 Å². The third-order valence-corrected chi connectivity index (χ3v) is 8.01. The maximum Gasteiger partial charge on any atom is 0.392 e. The number of alkyl halides is 5. The molecule has 0 bridgehead atoms. The van der Waals surface area contributed by atoms with Gasteiger partial charge in [-0.25, -0.2) is 18.3 Å². The number of hydrogen-bond donors (Lipinski definition) is 2. The van der Waals surface area contributed by atoms with Gasteiger partial charge in [-0.15, -0.1) is 0 Å². The van der Waals surface area contributed by atoms with Crippen molar-refractivity contribution in [3.05, 3.63) is 47.2 Å². The van der Waals surface area contributed by atoms with Crippen LogP contribution in [0.15, 0.2) is 29.2 Å². The van der Waals surface area contributed by atoms with Crippen LogP contribution in [0.4, 0.5) is 22.0 Å². The number of amides is 2. The van der Waals surface area contributed by atoms with Crippen molar-refractivity contribution in [1.82, 2.24) is 30.4 Å². The summed E-state index contributed by atoms with van der Waals surface area (Å²) in [5.74, 6) is -5.94. The highest BCUT2D eigenvalue weighted by Gasteiger charge is 2.41. The lowest BCUT2D eigenvalue weighted by Gasteiger charge is -2.33. The Hall–Kier alpha value is -3.58. The Bertz CT molecular complexity index is 1410. The zero-order chi connectivity index (χ0) is 29.5. The molecule has 2 amide bonds. The molecule has 0 aromatic carbocycles. The topological polar surface area (TPSA) is 114 Å². The first-order valence-corrected chi connectivity index (χ1v) is 13.6. The molecule has 0 saturated heterocycles. The number of imidazole rings is 1. The van der Waals surface area contributed by atoms with Gasteiger partial charge in [0.15, 0.2) is 5.65 Å². The molecule has 222 valence electrons. The molecule has 5 rings (SSSR count). The average Bonchev–Trinajstić information content (AvgIpc) is 3.50. The van der Waals surface area contributed by atoms with Crippen molar-refractivity contribution in [2.24, 2.45) is 17.8 Å². The van der Waals surface area contributed by atoms with Gasteiger partial charge in [-0.05, 0) is 56.1 Å². The molecule has 3 atom stereocenters. The lowest BCUT2D eigenvalue weighted by Crippen LogP contribution is -2.37. The van der Waals surface area contributed by atoms with Crippen molar-refractivity contribution in [2.75, 3.05) is 0 Å². The summed E-state index contributed by atoms with van der Waals surface area (Å²) >= 11 is 0. The van der Waals surface area contributed by atoms with Gasteiger partial charge in [0.25, 0.3) is 5.91 Å². The second-order valence-corrected chi connectivity index (χ2v) is 11.2. The lowest BCUT2D eigenvalue weighted by atomic mass is 9.81. The molecule has 1 unspecified atom stereocenters. The standard InChI is InChI=1S/C27H31F5N6O3/c1-14(27(30,31)32)9-22(39)35-23(16-3-4-16)18-10-21-34-20(12-38(21)33-11-18)24(17-5-7-26(28,29)8-6-17)36-25(40)19-13-41-37-15(19)2/h10-14,16-17,23-24H,3-9H2,1-2H3,(H,35,39)(H,36,40)/t14-,23?,24+/m1/s1. The van der Waals surface area contributed by atoms with Crippen molar-refractivity contribution in [3.63, 3.8) is 0 Å². The first-order valence-electron chi connectivity index (χ1n) is 13.6. The summed E-state index contributed by atoms with van der Waals surface area (Å²) < 4.78 is 73.1. The molecule has 3 heterocycles. The number of rotatable bonds is 9. The van der Waals surface area contributed by atoms with E-state index in [1.54, 1.807) is 19.2 Å². The van der Waals surface area contributed by atoms with Gasteiger partial charge in [0.2, 0.25) is 11.8 Å². The summed E-state index contributed by atoms with van der Waals surface area (Å²) in [6.45, 7) is 2.59. The lowest BCUT2D eigenvalue weighted by molar-refractivity contribution is -0.174. The van der Waals surface area contributed by atoms with Crippen LogP contribution in [-0.2, 0) is 4.79 Å². The van der Waals surface area contributed by atoms with Crippen LogP contribution in [0.5, 0.6) is 0 Å². The fourth-order valence-electron chi connectivity index (χ4n) is 5.32. The zero-order valence-corrected chi connectivity index (χ0v) is 22.5. The Morgan fingerprint density at radius 1 is 1.12 bits per heavy atom. The smallest absolute Gasteiger partial charge is 0.364 e. The maximum absolute atomic E-state index is 13.9. The van der Waals surface area contributed by atoms with Crippen molar-refractivity contribution in [1.29, 1.82) is 0 Å². The average molecular weight is 583 g/mol. The molecule has 3 aromatic heterocycles. The second kappa shape index (κ2) is 11.0. The molecule has 0 radical (unpaired) electrons. The summed E-state index contributed by atoms with van der Waals surface area (Å²) in [7, 11) is 0. The van der Waals surface area contributed by atoms with E-state index in [0.29, 0.717) is 22.6 Å². The predicted molar refractivity (Wildman–Crippen MR) is 135 cm³/mol. The number of fused-ring (bicyclic) bond motifs is 1. The summed E-state index contributed by atoms with van der Waals surface area (Å²) in [5, 5.41) is 13.8. The van der Waals surface area contributed by atoms with Crippen molar-refractivity contribution in [2.45, 2.75) is 83.0 Å². The number of hydrogen-bond acceptors (Lipinski definition) is 6. The van der Waals surface area contributed by atoms with Gasteiger partial charge in [-0.3, -0.25) is 9.59 Å². The van der Waals surface area contributed by atoms with Gasteiger partial charge >= 0.3 is 6.18 Å². The Morgan fingerprint density at radius 3 is 2.41 bits per heavy atom. The molecule has 2 saturated carbocycles. The highest BCUT2D eigenvalue weighted by Crippen LogP contribution is 2.43. The molecule has 9 nitrogen and oxygen atoms in total. The van der Waals surface area contributed by atoms with Crippen LogP contribution in [0.3, 0.4) is 0 Å². The zero-order valence-electron chi connectivity index (χ0n) is 22.5. The molecule has 2 aliphatic carbocycles. The van der Waals surface area contributed by atoms with E-state index in [2.05, 4.69) is 25.9 Å². The summed E-state index contributed by atoms with van der Waals surface area (Å²) in [5.41, 5.74) is 2.03. The predicted octanol–water partition coefficient (Wildman–Crippen LogP) is 5.48. The largest absolute Gasteiger partial charge is 0.392 e. The van der Waals surface area contributed by atoms with Crippen LogP contribution in [0.2, 0.25) is 0 Å². The summed E-state index contributed by atoms with van der Waals surface area (Å²) in [4.78, 5) is 30.2. The van der Waals surface area contributed by atoms with Crippen LogP contribution in [0.1, 0.15) is 91.3 Å². The molecule has 3 aromatic rings. The quantitative estimate of drug-likeness (QED) is 0.323. The van der Waals surface area contributed by atoms with Gasteiger partial charge in [0, 0.05) is 19.3 Å². The van der Waals surface area contributed by atoms with Gasteiger partial charge < -0.3 is 15.2 Å². The molecule has 2 aliphatic rings. The number of aromatic nitrogens is 4. The Morgan fingerprint density at radius 2 is 1.80 bits per heavy atom.